The Bertz CT molecular complexity index is 465. The van der Waals surface area contributed by atoms with Crippen LogP contribution < -0.4 is 11.5 Å². The molecule has 16 heavy (non-hydrogen) atoms. The van der Waals surface area contributed by atoms with Crippen molar-refractivity contribution in [1.82, 2.24) is 0 Å². The quantitative estimate of drug-likeness (QED) is 0.822. The second-order valence-corrected chi connectivity index (χ2v) is 4.14. The van der Waals surface area contributed by atoms with Gasteiger partial charge in [-0.25, -0.2) is 0 Å². The lowest BCUT2D eigenvalue weighted by Gasteiger charge is -2.12. The van der Waals surface area contributed by atoms with Gasteiger partial charge in [-0.05, 0) is 41.8 Å². The molecule has 0 radical (unpaired) electrons. The van der Waals surface area contributed by atoms with Gasteiger partial charge in [-0.1, -0.05) is 36.4 Å². The maximum absolute atomic E-state index is 6.12. The molecule has 0 aromatic heterocycles. The summed E-state index contributed by atoms with van der Waals surface area (Å²) in [6.07, 6.45) is 1.93. The third-order valence-corrected chi connectivity index (χ3v) is 2.92. The summed E-state index contributed by atoms with van der Waals surface area (Å²) in [6, 6.07) is 14.9. The van der Waals surface area contributed by atoms with Crippen LogP contribution >= 0.6 is 0 Å². The molecular formula is C14H18N2. The normalized spacial score (nSPS) is 12.9. The molecule has 2 heteroatoms. The first-order valence-electron chi connectivity index (χ1n) is 5.75. The van der Waals surface area contributed by atoms with Gasteiger partial charge >= 0.3 is 0 Å². The minimum atomic E-state index is 0.105. The van der Waals surface area contributed by atoms with Gasteiger partial charge in [-0.3, -0.25) is 0 Å². The monoisotopic (exact) mass is 214 g/mol. The highest BCUT2D eigenvalue weighted by atomic mass is 14.6. The summed E-state index contributed by atoms with van der Waals surface area (Å²) in [4.78, 5) is 0. The van der Waals surface area contributed by atoms with Crippen LogP contribution in [-0.4, -0.2) is 6.54 Å². The van der Waals surface area contributed by atoms with Crippen LogP contribution in [0.5, 0.6) is 0 Å². The number of benzene rings is 2. The molecule has 0 heterocycles. The maximum Gasteiger partial charge on any atom is 0.0295 e. The zero-order valence-electron chi connectivity index (χ0n) is 9.39. The summed E-state index contributed by atoms with van der Waals surface area (Å²) in [6.45, 7) is 0.710. The van der Waals surface area contributed by atoms with Crippen molar-refractivity contribution in [2.45, 2.75) is 18.9 Å². The zero-order valence-corrected chi connectivity index (χ0v) is 9.39. The molecule has 2 aromatic carbocycles. The molecule has 0 spiro atoms. The predicted molar refractivity (Wildman–Crippen MR) is 69.2 cm³/mol. The maximum atomic E-state index is 6.12. The molecule has 0 bridgehead atoms. The summed E-state index contributed by atoms with van der Waals surface area (Å²) in [7, 11) is 0. The number of hydrogen-bond acceptors (Lipinski definition) is 2. The number of nitrogens with two attached hydrogens (primary N) is 2. The van der Waals surface area contributed by atoms with Crippen molar-refractivity contribution >= 4 is 10.8 Å². The van der Waals surface area contributed by atoms with Gasteiger partial charge in [0.15, 0.2) is 0 Å². The largest absolute Gasteiger partial charge is 0.330 e. The van der Waals surface area contributed by atoms with Gasteiger partial charge < -0.3 is 11.5 Å². The average molecular weight is 214 g/mol. The molecule has 1 atom stereocenters. The first kappa shape index (κ1) is 11.1. The van der Waals surface area contributed by atoms with Crippen LogP contribution in [0.4, 0.5) is 0 Å². The third-order valence-electron chi connectivity index (χ3n) is 2.92. The Morgan fingerprint density at radius 2 is 1.75 bits per heavy atom. The van der Waals surface area contributed by atoms with Crippen molar-refractivity contribution < 1.29 is 0 Å². The van der Waals surface area contributed by atoms with Crippen LogP contribution in [0.1, 0.15) is 24.4 Å². The molecular weight excluding hydrogens is 196 g/mol. The van der Waals surface area contributed by atoms with E-state index in [2.05, 4.69) is 42.5 Å². The number of hydrogen-bond donors (Lipinski definition) is 2. The van der Waals surface area contributed by atoms with Crippen molar-refractivity contribution in [2.24, 2.45) is 11.5 Å². The van der Waals surface area contributed by atoms with Crippen LogP contribution in [0.2, 0.25) is 0 Å². The second kappa shape index (κ2) is 5.10. The summed E-state index contributed by atoms with van der Waals surface area (Å²) < 4.78 is 0. The Morgan fingerprint density at radius 1 is 1.00 bits per heavy atom. The molecule has 0 aliphatic heterocycles. The molecule has 0 unspecified atom stereocenters. The molecule has 2 rings (SSSR count). The Labute approximate surface area is 96.3 Å². The molecule has 0 aliphatic rings. The van der Waals surface area contributed by atoms with E-state index in [-0.39, 0.29) is 6.04 Å². The van der Waals surface area contributed by atoms with E-state index in [1.165, 1.54) is 16.3 Å². The molecule has 84 valence electrons. The van der Waals surface area contributed by atoms with Crippen LogP contribution in [0, 0.1) is 0 Å². The van der Waals surface area contributed by atoms with Crippen molar-refractivity contribution in [3.63, 3.8) is 0 Å². The molecule has 2 aromatic rings. The summed E-state index contributed by atoms with van der Waals surface area (Å²) >= 11 is 0. The first-order valence-corrected chi connectivity index (χ1v) is 5.75. The van der Waals surface area contributed by atoms with E-state index in [1.54, 1.807) is 0 Å². The van der Waals surface area contributed by atoms with Crippen LogP contribution in [-0.2, 0) is 0 Å². The summed E-state index contributed by atoms with van der Waals surface area (Å²) in [5.41, 5.74) is 12.8. The van der Waals surface area contributed by atoms with Gasteiger partial charge in [-0.15, -0.1) is 0 Å². The fourth-order valence-electron chi connectivity index (χ4n) is 1.94. The Balaban J connectivity index is 2.25. The Morgan fingerprint density at radius 3 is 2.50 bits per heavy atom. The highest BCUT2D eigenvalue weighted by Crippen LogP contribution is 2.21. The van der Waals surface area contributed by atoms with E-state index in [0.717, 1.165) is 12.8 Å². The standard InChI is InChI=1S/C14H18N2/c15-9-3-6-14(16)13-8-7-11-4-1-2-5-12(11)10-13/h1-2,4-5,7-8,10,14H,3,6,9,15-16H2/t14-/m1/s1. The van der Waals surface area contributed by atoms with Gasteiger partial charge in [0.2, 0.25) is 0 Å². The first-order chi connectivity index (χ1) is 7.81. The van der Waals surface area contributed by atoms with Crippen molar-refractivity contribution in [3.8, 4) is 0 Å². The minimum Gasteiger partial charge on any atom is -0.330 e. The fourth-order valence-corrected chi connectivity index (χ4v) is 1.94. The molecule has 0 saturated carbocycles. The van der Waals surface area contributed by atoms with Gasteiger partial charge in [0.1, 0.15) is 0 Å². The average Bonchev–Trinajstić information content (AvgIpc) is 2.35. The van der Waals surface area contributed by atoms with E-state index in [1.807, 2.05) is 0 Å². The van der Waals surface area contributed by atoms with E-state index >= 15 is 0 Å². The van der Waals surface area contributed by atoms with Gasteiger partial charge in [0.05, 0.1) is 0 Å². The van der Waals surface area contributed by atoms with Crippen LogP contribution in [0.25, 0.3) is 10.8 Å². The SMILES string of the molecule is NCCC[C@@H](N)c1ccc2ccccc2c1. The van der Waals surface area contributed by atoms with Gasteiger partial charge in [0, 0.05) is 6.04 Å². The summed E-state index contributed by atoms with van der Waals surface area (Å²) in [5, 5.41) is 2.51. The van der Waals surface area contributed by atoms with Crippen LogP contribution in [0.15, 0.2) is 42.5 Å². The number of fused-ring (bicyclic) bond motifs is 1. The molecule has 4 N–H and O–H groups in total. The van der Waals surface area contributed by atoms with E-state index in [9.17, 15) is 0 Å². The van der Waals surface area contributed by atoms with Crippen molar-refractivity contribution in [2.75, 3.05) is 6.54 Å². The highest BCUT2D eigenvalue weighted by molar-refractivity contribution is 5.83. The predicted octanol–water partition coefficient (Wildman–Crippen LogP) is 2.58. The fraction of sp³-hybridized carbons (Fsp3) is 0.286. The Kier molecular flexibility index (Phi) is 3.54. The van der Waals surface area contributed by atoms with E-state index in [0.29, 0.717) is 6.54 Å². The Hall–Kier alpha value is -1.38. The third kappa shape index (κ3) is 2.40. The van der Waals surface area contributed by atoms with Gasteiger partial charge in [0.25, 0.3) is 0 Å². The molecule has 0 aliphatic carbocycles. The molecule has 0 fully saturated rings. The number of rotatable bonds is 4. The van der Waals surface area contributed by atoms with Crippen LogP contribution in [0.3, 0.4) is 0 Å². The van der Waals surface area contributed by atoms with Crippen molar-refractivity contribution in [3.05, 3.63) is 48.0 Å². The van der Waals surface area contributed by atoms with E-state index < -0.39 is 0 Å². The van der Waals surface area contributed by atoms with Gasteiger partial charge in [-0.2, -0.15) is 0 Å². The second-order valence-electron chi connectivity index (χ2n) is 4.14. The molecule has 2 nitrogen and oxygen atoms in total. The topological polar surface area (TPSA) is 52.0 Å². The lowest BCUT2D eigenvalue weighted by Crippen LogP contribution is -2.12. The minimum absolute atomic E-state index is 0.105. The van der Waals surface area contributed by atoms with E-state index in [4.69, 9.17) is 11.5 Å². The smallest absolute Gasteiger partial charge is 0.0295 e. The lowest BCUT2D eigenvalue weighted by molar-refractivity contribution is 0.618. The zero-order chi connectivity index (χ0) is 11.4. The molecule has 0 saturated heterocycles. The highest BCUT2D eigenvalue weighted by Gasteiger charge is 2.05. The molecule has 0 amide bonds. The van der Waals surface area contributed by atoms with Crippen molar-refractivity contribution in [1.29, 1.82) is 0 Å². The lowest BCUT2D eigenvalue weighted by atomic mass is 9.99. The summed E-state index contributed by atoms with van der Waals surface area (Å²) in [5.74, 6) is 0.